The summed E-state index contributed by atoms with van der Waals surface area (Å²) in [5.41, 5.74) is 1.19. The summed E-state index contributed by atoms with van der Waals surface area (Å²) in [5.74, 6) is -1.98. The lowest BCUT2D eigenvalue weighted by Gasteiger charge is -2.34. The van der Waals surface area contributed by atoms with E-state index >= 15 is 0 Å². The first kappa shape index (κ1) is 28.8. The summed E-state index contributed by atoms with van der Waals surface area (Å²) in [6, 6.07) is 14.8. The Morgan fingerprint density at radius 3 is 2.37 bits per heavy atom. The van der Waals surface area contributed by atoms with E-state index in [0.717, 1.165) is 21.6 Å². The van der Waals surface area contributed by atoms with Gasteiger partial charge in [-0.15, -0.1) is 18.2 Å². The molecule has 0 spiro atoms. The number of nitrogens with zero attached hydrogens (tertiary/aromatic N) is 2. The molecule has 3 amide bonds. The highest BCUT2D eigenvalue weighted by atomic mass is 19.4. The molecule has 0 aromatic heterocycles. The SMILES string of the molecule is COc1ccc(C2ON2[C@H](COC2(OC(F)(F)F)C=CC(c3ccccc3)=CC2)CN2C(=O)NC(C)(C)C2=O)cc1. The summed E-state index contributed by atoms with van der Waals surface area (Å²) in [6.07, 6.45) is -1.40. The first-order chi connectivity index (χ1) is 19.4. The molecule has 2 aliphatic heterocycles. The zero-order valence-corrected chi connectivity index (χ0v) is 22.7. The second-order valence-electron chi connectivity index (χ2n) is 10.4. The molecule has 5 rings (SSSR count). The van der Waals surface area contributed by atoms with Gasteiger partial charge in [-0.25, -0.2) is 4.79 Å². The highest BCUT2D eigenvalue weighted by Crippen LogP contribution is 2.42. The predicted molar refractivity (Wildman–Crippen MR) is 141 cm³/mol. The van der Waals surface area contributed by atoms with Crippen LogP contribution in [0.5, 0.6) is 5.75 Å². The summed E-state index contributed by atoms with van der Waals surface area (Å²) < 4.78 is 56.2. The van der Waals surface area contributed by atoms with Crippen LogP contribution in [0, 0.1) is 0 Å². The van der Waals surface area contributed by atoms with Gasteiger partial charge < -0.3 is 14.8 Å². The van der Waals surface area contributed by atoms with E-state index in [-0.39, 0.29) is 19.6 Å². The van der Waals surface area contributed by atoms with Crippen molar-refractivity contribution in [2.24, 2.45) is 0 Å². The van der Waals surface area contributed by atoms with Gasteiger partial charge in [0, 0.05) is 6.42 Å². The molecule has 0 saturated carbocycles. The topological polar surface area (TPSA) is 92.6 Å². The Bertz CT molecular complexity index is 1350. The summed E-state index contributed by atoms with van der Waals surface area (Å²) in [7, 11) is 1.54. The molecule has 12 heteroatoms. The van der Waals surface area contributed by atoms with Crippen LogP contribution in [0.4, 0.5) is 18.0 Å². The summed E-state index contributed by atoms with van der Waals surface area (Å²) in [6.45, 7) is 2.61. The molecule has 4 atom stereocenters. The fraction of sp³-hybridized carbons (Fsp3) is 0.379. The third kappa shape index (κ3) is 6.46. The fourth-order valence-electron chi connectivity index (χ4n) is 4.84. The van der Waals surface area contributed by atoms with Crippen molar-refractivity contribution in [1.29, 1.82) is 0 Å². The average molecular weight is 574 g/mol. The Balaban J connectivity index is 1.37. The number of amides is 3. The van der Waals surface area contributed by atoms with E-state index < -0.39 is 41.9 Å². The number of allylic oxidation sites excluding steroid dienone is 2. The van der Waals surface area contributed by atoms with Gasteiger partial charge in [0.25, 0.3) is 5.91 Å². The number of alkyl halides is 3. The number of benzene rings is 2. The normalized spacial score (nSPS) is 26.0. The fourth-order valence-corrected chi connectivity index (χ4v) is 4.84. The highest BCUT2D eigenvalue weighted by molar-refractivity contribution is 6.06. The maximum Gasteiger partial charge on any atom is 0.525 e. The van der Waals surface area contributed by atoms with Crippen LogP contribution in [0.3, 0.4) is 0 Å². The zero-order chi connectivity index (χ0) is 29.4. The molecule has 9 nitrogen and oxygen atoms in total. The largest absolute Gasteiger partial charge is 0.525 e. The van der Waals surface area contributed by atoms with E-state index in [9.17, 15) is 22.8 Å². The van der Waals surface area contributed by atoms with Crippen molar-refractivity contribution < 1.29 is 41.8 Å². The van der Waals surface area contributed by atoms with Crippen LogP contribution in [0.1, 0.15) is 37.6 Å². The average Bonchev–Trinajstić information content (AvgIpc) is 3.70. The van der Waals surface area contributed by atoms with Crippen LogP contribution in [0.25, 0.3) is 5.57 Å². The second kappa shape index (κ2) is 10.9. The Kier molecular flexibility index (Phi) is 7.68. The van der Waals surface area contributed by atoms with Crippen LogP contribution in [0.2, 0.25) is 0 Å². The molecule has 218 valence electrons. The number of carbonyl (C=O) groups is 2. The number of hydroxylamine groups is 2. The van der Waals surface area contributed by atoms with Crippen molar-refractivity contribution in [3.05, 3.63) is 84.0 Å². The summed E-state index contributed by atoms with van der Waals surface area (Å²) in [5, 5.41) is 4.10. The quantitative estimate of drug-likeness (QED) is 0.245. The van der Waals surface area contributed by atoms with Crippen LogP contribution in [0.15, 0.2) is 72.8 Å². The molecule has 2 saturated heterocycles. The Labute approximate surface area is 235 Å². The Hall–Kier alpha value is -3.71. The number of halogens is 3. The van der Waals surface area contributed by atoms with Crippen LogP contribution in [-0.2, 0) is 19.1 Å². The number of hydrogen-bond donors (Lipinski definition) is 1. The van der Waals surface area contributed by atoms with Crippen molar-refractivity contribution >= 4 is 17.5 Å². The molecule has 2 aromatic carbocycles. The maximum atomic E-state index is 13.6. The molecule has 41 heavy (non-hydrogen) atoms. The third-order valence-electron chi connectivity index (χ3n) is 7.04. The van der Waals surface area contributed by atoms with Crippen molar-refractivity contribution in [2.75, 3.05) is 20.3 Å². The van der Waals surface area contributed by atoms with E-state index in [4.69, 9.17) is 14.3 Å². The minimum absolute atomic E-state index is 0.183. The molecule has 0 bridgehead atoms. The molecule has 1 N–H and O–H groups in total. The first-order valence-corrected chi connectivity index (χ1v) is 13.0. The van der Waals surface area contributed by atoms with E-state index in [1.807, 2.05) is 30.3 Å². The molecule has 3 unspecified atom stereocenters. The van der Waals surface area contributed by atoms with Crippen molar-refractivity contribution in [3.63, 3.8) is 0 Å². The number of hydrogen-bond acceptors (Lipinski definition) is 7. The Morgan fingerprint density at radius 1 is 1.10 bits per heavy atom. The molecular formula is C29H30F3N3O6. The highest BCUT2D eigenvalue weighted by Gasteiger charge is 2.51. The number of imide groups is 1. The molecular weight excluding hydrogens is 543 g/mol. The van der Waals surface area contributed by atoms with E-state index in [0.29, 0.717) is 5.75 Å². The minimum Gasteiger partial charge on any atom is -0.497 e. The third-order valence-corrected chi connectivity index (χ3v) is 7.04. The van der Waals surface area contributed by atoms with Gasteiger partial charge >= 0.3 is 12.4 Å². The summed E-state index contributed by atoms with van der Waals surface area (Å²) in [4.78, 5) is 32.3. The lowest BCUT2D eigenvalue weighted by Crippen LogP contribution is -2.47. The second-order valence-corrected chi connectivity index (χ2v) is 10.4. The zero-order valence-electron chi connectivity index (χ0n) is 22.7. The maximum absolute atomic E-state index is 13.6. The number of methoxy groups -OCH3 is 1. The van der Waals surface area contributed by atoms with Gasteiger partial charge in [-0.05, 0) is 48.8 Å². The van der Waals surface area contributed by atoms with Gasteiger partial charge in [0.15, 0.2) is 6.23 Å². The van der Waals surface area contributed by atoms with Crippen molar-refractivity contribution in [3.8, 4) is 5.75 Å². The smallest absolute Gasteiger partial charge is 0.497 e. The Morgan fingerprint density at radius 2 is 1.80 bits per heavy atom. The number of ether oxygens (including phenoxy) is 3. The first-order valence-electron chi connectivity index (χ1n) is 13.0. The van der Waals surface area contributed by atoms with Crippen molar-refractivity contribution in [1.82, 2.24) is 15.3 Å². The molecule has 2 heterocycles. The lowest BCUT2D eigenvalue weighted by molar-refractivity contribution is -0.404. The number of rotatable bonds is 10. The van der Waals surface area contributed by atoms with Gasteiger partial charge in [-0.3, -0.25) is 19.3 Å². The van der Waals surface area contributed by atoms with Crippen LogP contribution < -0.4 is 10.1 Å². The molecule has 3 aliphatic rings. The predicted octanol–water partition coefficient (Wildman–Crippen LogP) is 4.93. The standard InChI is InChI=1S/C29H30F3N3O6/c1-27(2)25(36)34(26(37)33-27)17-22(35-24(40-35)21-9-11-23(38-3)12-10-21)18-39-28(41-29(30,31)32)15-13-20(14-16-28)19-7-5-4-6-8-19/h4-15,22,24H,16-18H2,1-3H3,(H,33,37)/t22-,24?,28?,35?/m0/s1. The number of urea groups is 1. The van der Waals surface area contributed by atoms with E-state index in [1.54, 1.807) is 51.3 Å². The number of nitrogens with one attached hydrogen (secondary N) is 1. The van der Waals surface area contributed by atoms with Crippen LogP contribution in [-0.4, -0.2) is 65.9 Å². The van der Waals surface area contributed by atoms with E-state index in [1.165, 1.54) is 17.2 Å². The molecule has 1 aliphatic carbocycles. The van der Waals surface area contributed by atoms with Crippen LogP contribution >= 0.6 is 0 Å². The van der Waals surface area contributed by atoms with Gasteiger partial charge in [0.2, 0.25) is 5.79 Å². The van der Waals surface area contributed by atoms with Gasteiger partial charge in [0.1, 0.15) is 11.3 Å². The molecule has 2 aromatic rings. The molecule has 0 radical (unpaired) electrons. The van der Waals surface area contributed by atoms with Crippen molar-refractivity contribution in [2.45, 2.75) is 50.2 Å². The lowest BCUT2D eigenvalue weighted by atomic mass is 9.96. The van der Waals surface area contributed by atoms with Gasteiger partial charge in [-0.2, -0.15) is 0 Å². The van der Waals surface area contributed by atoms with Gasteiger partial charge in [-0.1, -0.05) is 54.6 Å². The minimum atomic E-state index is -4.99. The van der Waals surface area contributed by atoms with Gasteiger partial charge in [0.05, 0.1) is 26.3 Å². The van der Waals surface area contributed by atoms with E-state index in [2.05, 4.69) is 10.1 Å². The monoisotopic (exact) mass is 573 g/mol. The molecule has 2 fully saturated rings. The number of carbonyl (C=O) groups excluding carboxylic acids is 2. The summed E-state index contributed by atoms with van der Waals surface area (Å²) >= 11 is 0.